The van der Waals surface area contributed by atoms with Gasteiger partial charge in [0.05, 0.1) is 13.0 Å². The zero-order valence-corrected chi connectivity index (χ0v) is 15.0. The molecule has 2 rings (SSSR count). The molecule has 8 heteroatoms. The molecule has 1 N–H and O–H groups in total. The molecule has 0 unspecified atom stereocenters. The molecule has 3 amide bonds. The van der Waals surface area contributed by atoms with E-state index in [9.17, 15) is 19.2 Å². The number of benzene rings is 1. The van der Waals surface area contributed by atoms with Crippen molar-refractivity contribution >= 4 is 23.7 Å². The van der Waals surface area contributed by atoms with Crippen molar-refractivity contribution in [3.05, 3.63) is 29.8 Å². The van der Waals surface area contributed by atoms with Gasteiger partial charge in [-0.2, -0.15) is 0 Å². The van der Waals surface area contributed by atoms with E-state index in [1.54, 1.807) is 38.1 Å². The van der Waals surface area contributed by atoms with Crippen LogP contribution in [0.2, 0.25) is 0 Å². The Balaban J connectivity index is 1.79. The van der Waals surface area contributed by atoms with Crippen LogP contribution in [0.4, 0.5) is 4.79 Å². The van der Waals surface area contributed by atoms with Crippen LogP contribution in [0.5, 0.6) is 5.75 Å². The summed E-state index contributed by atoms with van der Waals surface area (Å²) in [6, 6.07) is 5.97. The van der Waals surface area contributed by atoms with Gasteiger partial charge in [-0.05, 0) is 45.0 Å². The highest BCUT2D eigenvalue weighted by Crippen LogP contribution is 2.17. The molecule has 1 fully saturated rings. The summed E-state index contributed by atoms with van der Waals surface area (Å²) in [7, 11) is 0. The largest absolute Gasteiger partial charge is 0.494 e. The summed E-state index contributed by atoms with van der Waals surface area (Å²) in [5.74, 6) is -0.759. The molecular formula is C18H22N2O6. The van der Waals surface area contributed by atoms with Crippen molar-refractivity contribution in [2.75, 3.05) is 19.8 Å². The van der Waals surface area contributed by atoms with E-state index >= 15 is 0 Å². The molecule has 1 aliphatic rings. The number of hydrogen-bond donors (Lipinski definition) is 1. The molecule has 1 aromatic carbocycles. The van der Waals surface area contributed by atoms with Gasteiger partial charge in [0.1, 0.15) is 11.3 Å². The van der Waals surface area contributed by atoms with E-state index in [0.29, 0.717) is 17.9 Å². The first-order chi connectivity index (χ1) is 12.2. The van der Waals surface area contributed by atoms with Crippen LogP contribution >= 0.6 is 0 Å². The maximum atomic E-state index is 12.0. The third-order valence-corrected chi connectivity index (χ3v) is 3.84. The molecule has 0 bridgehead atoms. The number of nitrogens with one attached hydrogen (secondary N) is 1. The number of nitrogens with zero attached hydrogens (tertiary/aromatic N) is 1. The van der Waals surface area contributed by atoms with Crippen LogP contribution in [-0.2, 0) is 14.3 Å². The summed E-state index contributed by atoms with van der Waals surface area (Å²) >= 11 is 0. The number of amides is 3. The lowest BCUT2D eigenvalue weighted by atomic mass is 10.1. The first kappa shape index (κ1) is 19.4. The summed E-state index contributed by atoms with van der Waals surface area (Å²) in [5, 5.41) is 2.52. The Kier molecular flexibility index (Phi) is 5.97. The number of ether oxygens (including phenoxy) is 2. The fourth-order valence-corrected chi connectivity index (χ4v) is 2.43. The predicted molar refractivity (Wildman–Crippen MR) is 91.8 cm³/mol. The van der Waals surface area contributed by atoms with Crippen molar-refractivity contribution < 1.29 is 28.7 Å². The molecule has 0 saturated carbocycles. The number of carbonyl (C=O) groups is 4. The Hall–Kier alpha value is -2.90. The second-order valence-corrected chi connectivity index (χ2v) is 6.30. The molecule has 8 nitrogen and oxygen atoms in total. The molecule has 140 valence electrons. The summed E-state index contributed by atoms with van der Waals surface area (Å²) < 4.78 is 10.2. The van der Waals surface area contributed by atoms with E-state index in [0.717, 1.165) is 4.90 Å². The van der Waals surface area contributed by atoms with Crippen LogP contribution in [0, 0.1) is 0 Å². The number of urea groups is 1. The minimum Gasteiger partial charge on any atom is -0.494 e. The number of Topliss-reactive ketones (excluding diaryl/α,β-unsaturated/α-hetero) is 1. The minimum absolute atomic E-state index is 0.0931. The van der Waals surface area contributed by atoms with E-state index in [-0.39, 0.29) is 18.7 Å². The monoisotopic (exact) mass is 362 g/mol. The van der Waals surface area contributed by atoms with Crippen LogP contribution < -0.4 is 10.1 Å². The maximum absolute atomic E-state index is 12.0. The van der Waals surface area contributed by atoms with E-state index < -0.39 is 30.1 Å². The second-order valence-electron chi connectivity index (χ2n) is 6.30. The number of imide groups is 1. The van der Waals surface area contributed by atoms with Gasteiger partial charge < -0.3 is 14.8 Å². The first-order valence-electron chi connectivity index (χ1n) is 8.30. The third-order valence-electron chi connectivity index (χ3n) is 3.84. The highest BCUT2D eigenvalue weighted by molar-refractivity contribution is 6.06. The summed E-state index contributed by atoms with van der Waals surface area (Å²) in [6.45, 7) is 5.06. The Morgan fingerprint density at radius 3 is 2.35 bits per heavy atom. The first-order valence-corrected chi connectivity index (χ1v) is 8.30. The van der Waals surface area contributed by atoms with E-state index in [1.165, 1.54) is 0 Å². The number of rotatable bonds is 8. The Bertz CT molecular complexity index is 711. The SMILES string of the molecule is CCOc1ccc(C(=O)COC(=O)CCN2C(=O)NC(C)(C)C2=O)cc1. The number of ketones is 1. The van der Waals surface area contributed by atoms with Crippen LogP contribution in [-0.4, -0.2) is 53.9 Å². The molecule has 0 radical (unpaired) electrons. The van der Waals surface area contributed by atoms with Crippen molar-refractivity contribution in [2.24, 2.45) is 0 Å². The fourth-order valence-electron chi connectivity index (χ4n) is 2.43. The number of carbonyl (C=O) groups excluding carboxylic acids is 4. The molecule has 1 aromatic rings. The van der Waals surface area contributed by atoms with Crippen molar-refractivity contribution in [1.29, 1.82) is 0 Å². The standard InChI is InChI=1S/C18H22N2O6/c1-4-25-13-7-5-12(6-8-13)14(21)11-26-15(22)9-10-20-16(23)18(2,3)19-17(20)24/h5-8H,4,9-11H2,1-3H3,(H,19,24). The number of hydrogen-bond acceptors (Lipinski definition) is 6. The smallest absolute Gasteiger partial charge is 0.325 e. The molecular weight excluding hydrogens is 340 g/mol. The zero-order chi connectivity index (χ0) is 19.3. The lowest BCUT2D eigenvalue weighted by Crippen LogP contribution is -2.40. The second kappa shape index (κ2) is 7.99. The minimum atomic E-state index is -0.982. The van der Waals surface area contributed by atoms with E-state index in [4.69, 9.17) is 9.47 Å². The van der Waals surface area contributed by atoms with Gasteiger partial charge in [-0.3, -0.25) is 19.3 Å². The molecule has 0 atom stereocenters. The van der Waals surface area contributed by atoms with Gasteiger partial charge in [0.25, 0.3) is 5.91 Å². The Labute approximate surface area is 151 Å². The normalized spacial score (nSPS) is 15.6. The van der Waals surface area contributed by atoms with Crippen LogP contribution in [0.3, 0.4) is 0 Å². The Morgan fingerprint density at radius 1 is 1.15 bits per heavy atom. The highest BCUT2D eigenvalue weighted by atomic mass is 16.5. The van der Waals surface area contributed by atoms with Gasteiger partial charge in [0.2, 0.25) is 0 Å². The van der Waals surface area contributed by atoms with Gasteiger partial charge in [-0.15, -0.1) is 0 Å². The molecule has 1 aliphatic heterocycles. The molecule has 0 spiro atoms. The van der Waals surface area contributed by atoms with Crippen molar-refractivity contribution in [2.45, 2.75) is 32.7 Å². The van der Waals surface area contributed by atoms with E-state index in [2.05, 4.69) is 5.32 Å². The molecule has 1 heterocycles. The number of esters is 1. The zero-order valence-electron chi connectivity index (χ0n) is 15.0. The van der Waals surface area contributed by atoms with Crippen LogP contribution in [0.25, 0.3) is 0 Å². The molecule has 1 saturated heterocycles. The van der Waals surface area contributed by atoms with Gasteiger partial charge in [-0.25, -0.2) is 4.79 Å². The van der Waals surface area contributed by atoms with E-state index in [1.807, 2.05) is 6.92 Å². The lowest BCUT2D eigenvalue weighted by Gasteiger charge is -2.15. The average Bonchev–Trinajstić information content (AvgIpc) is 2.79. The quantitative estimate of drug-likeness (QED) is 0.427. The predicted octanol–water partition coefficient (Wildman–Crippen LogP) is 1.53. The maximum Gasteiger partial charge on any atom is 0.325 e. The molecule has 0 aliphatic carbocycles. The van der Waals surface area contributed by atoms with Gasteiger partial charge in [0.15, 0.2) is 12.4 Å². The van der Waals surface area contributed by atoms with Crippen LogP contribution in [0.1, 0.15) is 37.6 Å². The molecule has 26 heavy (non-hydrogen) atoms. The van der Waals surface area contributed by atoms with Crippen molar-refractivity contribution in [3.63, 3.8) is 0 Å². The Morgan fingerprint density at radius 2 is 1.81 bits per heavy atom. The summed E-state index contributed by atoms with van der Waals surface area (Å²) in [5.41, 5.74) is -0.581. The lowest BCUT2D eigenvalue weighted by molar-refractivity contribution is -0.143. The molecule has 0 aromatic heterocycles. The van der Waals surface area contributed by atoms with Gasteiger partial charge in [-0.1, -0.05) is 0 Å². The summed E-state index contributed by atoms with van der Waals surface area (Å²) in [6.07, 6.45) is -0.175. The third kappa shape index (κ3) is 4.59. The van der Waals surface area contributed by atoms with Gasteiger partial charge >= 0.3 is 12.0 Å². The highest BCUT2D eigenvalue weighted by Gasteiger charge is 2.44. The average molecular weight is 362 g/mol. The topological polar surface area (TPSA) is 102 Å². The van der Waals surface area contributed by atoms with Crippen LogP contribution in [0.15, 0.2) is 24.3 Å². The van der Waals surface area contributed by atoms with Gasteiger partial charge in [0, 0.05) is 12.1 Å². The van der Waals surface area contributed by atoms with Crippen molar-refractivity contribution in [3.8, 4) is 5.75 Å². The summed E-state index contributed by atoms with van der Waals surface area (Å²) in [4.78, 5) is 48.5. The fraction of sp³-hybridized carbons (Fsp3) is 0.444. The van der Waals surface area contributed by atoms with Crippen molar-refractivity contribution in [1.82, 2.24) is 10.2 Å².